The zero-order valence-corrected chi connectivity index (χ0v) is 13.4. The Kier molecular flexibility index (Phi) is 5.30. The molecule has 1 aromatic rings. The third-order valence-corrected chi connectivity index (χ3v) is 4.18. The first-order valence-electron chi connectivity index (χ1n) is 7.44. The molecule has 3 nitrogen and oxygen atoms in total. The van der Waals surface area contributed by atoms with Crippen molar-refractivity contribution < 1.29 is 4.74 Å². The molecule has 1 fully saturated rings. The lowest BCUT2D eigenvalue weighted by Crippen LogP contribution is -2.45. The number of anilines is 1. The van der Waals surface area contributed by atoms with Gasteiger partial charge in [-0.15, -0.1) is 0 Å². The van der Waals surface area contributed by atoms with E-state index in [1.807, 2.05) is 0 Å². The van der Waals surface area contributed by atoms with E-state index in [1.54, 1.807) is 0 Å². The first kappa shape index (κ1) is 15.6. The molecule has 0 aromatic heterocycles. The first-order chi connectivity index (χ1) is 9.49. The highest BCUT2D eigenvalue weighted by atomic mass is 35.5. The second-order valence-corrected chi connectivity index (χ2v) is 6.22. The lowest BCUT2D eigenvalue weighted by atomic mass is 10.0. The van der Waals surface area contributed by atoms with Crippen LogP contribution >= 0.6 is 11.6 Å². The van der Waals surface area contributed by atoms with Crippen LogP contribution in [0.25, 0.3) is 0 Å². The Balaban J connectivity index is 2.12. The van der Waals surface area contributed by atoms with Gasteiger partial charge in [-0.1, -0.05) is 24.6 Å². The fraction of sp³-hybridized carbons (Fsp3) is 0.625. The number of halogens is 1. The third-order valence-electron chi connectivity index (χ3n) is 3.83. The van der Waals surface area contributed by atoms with E-state index in [0.717, 1.165) is 36.5 Å². The molecule has 4 heteroatoms. The summed E-state index contributed by atoms with van der Waals surface area (Å²) in [6.07, 6.45) is 2.32. The molecule has 0 amide bonds. The summed E-state index contributed by atoms with van der Waals surface area (Å²) in [5.41, 5.74) is 8.32. The maximum Gasteiger partial charge on any atom is 0.0726 e. The number of benzene rings is 1. The van der Waals surface area contributed by atoms with E-state index >= 15 is 0 Å². The molecule has 3 atom stereocenters. The SMILES string of the molecule is CCC(N)Cc1ccc(N2C[C@@H](C)O[C@@H](C)C2)cc1Cl. The van der Waals surface area contributed by atoms with Gasteiger partial charge in [0.05, 0.1) is 12.2 Å². The van der Waals surface area contributed by atoms with Crippen molar-refractivity contribution in [1.82, 2.24) is 0 Å². The highest BCUT2D eigenvalue weighted by Gasteiger charge is 2.22. The monoisotopic (exact) mass is 296 g/mol. The van der Waals surface area contributed by atoms with Crippen LogP contribution in [0, 0.1) is 0 Å². The van der Waals surface area contributed by atoms with Crippen LogP contribution in [-0.4, -0.2) is 31.3 Å². The average Bonchev–Trinajstić information content (AvgIpc) is 2.39. The fourth-order valence-corrected chi connectivity index (χ4v) is 2.97. The van der Waals surface area contributed by atoms with Crippen molar-refractivity contribution in [2.24, 2.45) is 5.73 Å². The maximum atomic E-state index is 6.41. The molecule has 1 aliphatic heterocycles. The number of hydrogen-bond acceptors (Lipinski definition) is 3. The van der Waals surface area contributed by atoms with Crippen molar-refractivity contribution in [2.75, 3.05) is 18.0 Å². The Hall–Kier alpha value is -0.770. The fourth-order valence-electron chi connectivity index (χ4n) is 2.71. The van der Waals surface area contributed by atoms with Gasteiger partial charge in [0.1, 0.15) is 0 Å². The Morgan fingerprint density at radius 3 is 2.55 bits per heavy atom. The van der Waals surface area contributed by atoms with Crippen molar-refractivity contribution in [1.29, 1.82) is 0 Å². The molecule has 0 saturated carbocycles. The lowest BCUT2D eigenvalue weighted by molar-refractivity contribution is -0.00521. The van der Waals surface area contributed by atoms with Gasteiger partial charge in [-0.3, -0.25) is 0 Å². The van der Waals surface area contributed by atoms with Crippen molar-refractivity contribution in [3.63, 3.8) is 0 Å². The molecule has 0 radical (unpaired) electrons. The minimum atomic E-state index is 0.182. The van der Waals surface area contributed by atoms with Gasteiger partial charge in [-0.05, 0) is 44.4 Å². The molecule has 1 aliphatic rings. The van der Waals surface area contributed by atoms with Gasteiger partial charge in [0, 0.05) is 29.8 Å². The Labute approximate surface area is 127 Å². The van der Waals surface area contributed by atoms with E-state index in [0.29, 0.717) is 0 Å². The molecule has 112 valence electrons. The average molecular weight is 297 g/mol. The molecule has 1 saturated heterocycles. The van der Waals surface area contributed by atoms with Gasteiger partial charge >= 0.3 is 0 Å². The molecule has 0 bridgehead atoms. The van der Waals surface area contributed by atoms with Gasteiger partial charge in [0.2, 0.25) is 0 Å². The van der Waals surface area contributed by atoms with Crippen LogP contribution in [0.1, 0.15) is 32.8 Å². The number of ether oxygens (including phenoxy) is 1. The van der Waals surface area contributed by atoms with Crippen molar-refractivity contribution in [3.8, 4) is 0 Å². The van der Waals surface area contributed by atoms with E-state index < -0.39 is 0 Å². The molecule has 20 heavy (non-hydrogen) atoms. The van der Waals surface area contributed by atoms with E-state index in [1.165, 1.54) is 5.69 Å². The highest BCUT2D eigenvalue weighted by Crippen LogP contribution is 2.27. The van der Waals surface area contributed by atoms with Crippen LogP contribution in [0.4, 0.5) is 5.69 Å². The molecular formula is C16H25ClN2O. The quantitative estimate of drug-likeness (QED) is 0.927. The van der Waals surface area contributed by atoms with E-state index in [9.17, 15) is 0 Å². The summed E-state index contributed by atoms with van der Waals surface area (Å²) < 4.78 is 5.77. The number of hydrogen-bond donors (Lipinski definition) is 1. The molecule has 1 unspecified atom stereocenters. The van der Waals surface area contributed by atoms with Gasteiger partial charge in [0.15, 0.2) is 0 Å². The molecule has 0 spiro atoms. The topological polar surface area (TPSA) is 38.5 Å². The zero-order chi connectivity index (χ0) is 14.7. The summed E-state index contributed by atoms with van der Waals surface area (Å²) in [6.45, 7) is 8.14. The highest BCUT2D eigenvalue weighted by molar-refractivity contribution is 6.31. The van der Waals surface area contributed by atoms with Crippen LogP contribution in [0.3, 0.4) is 0 Å². The minimum Gasteiger partial charge on any atom is -0.372 e. The maximum absolute atomic E-state index is 6.41. The van der Waals surface area contributed by atoms with Crippen molar-refractivity contribution >= 4 is 17.3 Å². The van der Waals surface area contributed by atoms with E-state index in [4.69, 9.17) is 22.1 Å². The van der Waals surface area contributed by atoms with Crippen molar-refractivity contribution in [3.05, 3.63) is 28.8 Å². The summed E-state index contributed by atoms with van der Waals surface area (Å²) in [7, 11) is 0. The standard InChI is InChI=1S/C16H25ClN2O/c1-4-14(18)7-13-5-6-15(8-16(13)17)19-9-11(2)20-12(3)10-19/h5-6,8,11-12,14H,4,7,9-10,18H2,1-3H3/t11-,12+,14?. The van der Waals surface area contributed by atoms with Crippen LogP contribution < -0.4 is 10.6 Å². The van der Waals surface area contributed by atoms with Gasteiger partial charge in [-0.2, -0.15) is 0 Å². The molecule has 2 rings (SSSR count). The third kappa shape index (κ3) is 3.87. The first-order valence-corrected chi connectivity index (χ1v) is 7.81. The summed E-state index contributed by atoms with van der Waals surface area (Å²) in [4.78, 5) is 2.34. The van der Waals surface area contributed by atoms with Crippen LogP contribution in [0.5, 0.6) is 0 Å². The largest absolute Gasteiger partial charge is 0.372 e. The molecule has 2 N–H and O–H groups in total. The van der Waals surface area contributed by atoms with Crippen LogP contribution in [0.2, 0.25) is 5.02 Å². The molecule has 1 heterocycles. The molecular weight excluding hydrogens is 272 g/mol. The van der Waals surface area contributed by atoms with Gasteiger partial charge < -0.3 is 15.4 Å². The lowest BCUT2D eigenvalue weighted by Gasteiger charge is -2.37. The Morgan fingerprint density at radius 2 is 2.00 bits per heavy atom. The Morgan fingerprint density at radius 1 is 1.35 bits per heavy atom. The van der Waals surface area contributed by atoms with Crippen LogP contribution in [0.15, 0.2) is 18.2 Å². The second kappa shape index (κ2) is 6.79. The summed E-state index contributed by atoms with van der Waals surface area (Å²) >= 11 is 6.41. The van der Waals surface area contributed by atoms with Crippen LogP contribution in [-0.2, 0) is 11.2 Å². The molecule has 0 aliphatic carbocycles. The number of nitrogens with zero attached hydrogens (tertiary/aromatic N) is 1. The summed E-state index contributed by atoms with van der Waals surface area (Å²) in [6, 6.07) is 6.50. The van der Waals surface area contributed by atoms with Gasteiger partial charge in [-0.25, -0.2) is 0 Å². The summed E-state index contributed by atoms with van der Waals surface area (Å²) in [5.74, 6) is 0. The number of morpholine rings is 1. The Bertz CT molecular complexity index is 442. The van der Waals surface area contributed by atoms with Crippen molar-refractivity contribution in [2.45, 2.75) is 51.9 Å². The van der Waals surface area contributed by atoms with E-state index in [2.05, 4.69) is 43.9 Å². The second-order valence-electron chi connectivity index (χ2n) is 5.81. The predicted octanol–water partition coefficient (Wildman–Crippen LogP) is 3.23. The molecule has 1 aromatic carbocycles. The predicted molar refractivity (Wildman–Crippen MR) is 85.6 cm³/mol. The normalized spacial score (nSPS) is 24.8. The van der Waals surface area contributed by atoms with E-state index in [-0.39, 0.29) is 18.2 Å². The number of nitrogens with two attached hydrogens (primary N) is 1. The summed E-state index contributed by atoms with van der Waals surface area (Å²) in [5, 5.41) is 0.818. The minimum absolute atomic E-state index is 0.182. The zero-order valence-electron chi connectivity index (χ0n) is 12.6. The number of rotatable bonds is 4. The van der Waals surface area contributed by atoms with Gasteiger partial charge in [0.25, 0.3) is 0 Å². The smallest absolute Gasteiger partial charge is 0.0726 e.